The Morgan fingerprint density at radius 2 is 1.75 bits per heavy atom. The van der Waals surface area contributed by atoms with E-state index in [-0.39, 0.29) is 33.6 Å². The minimum Gasteiger partial charge on any atom is -0.478 e. The summed E-state index contributed by atoms with van der Waals surface area (Å²) in [5.41, 5.74) is 7.56. The standard InChI is InChI=1S/C21H15NO6/c22-16-9-18-15(8-14(16)21(26)27)19(11-3-1-2-4-12(11)20(24)25)13-6-5-10(23)7-17(13)28-18/h1-9,21,26-27H,22H2,(H,24,25). The molecule has 4 rings (SSSR count). The lowest BCUT2D eigenvalue weighted by Gasteiger charge is -2.18. The number of carboxylic acids is 1. The summed E-state index contributed by atoms with van der Waals surface area (Å²) < 4.78 is 5.81. The zero-order chi connectivity index (χ0) is 20.0. The number of hydrogen-bond acceptors (Lipinski definition) is 6. The van der Waals surface area contributed by atoms with Crippen LogP contribution in [0.2, 0.25) is 0 Å². The molecule has 1 aliphatic carbocycles. The third-order valence-electron chi connectivity index (χ3n) is 4.60. The molecule has 0 saturated carbocycles. The lowest BCUT2D eigenvalue weighted by molar-refractivity contribution is -0.0417. The van der Waals surface area contributed by atoms with Gasteiger partial charge < -0.3 is 25.5 Å². The first-order chi connectivity index (χ1) is 13.4. The second-order valence-electron chi connectivity index (χ2n) is 6.34. The van der Waals surface area contributed by atoms with Crippen molar-refractivity contribution < 1.29 is 24.5 Å². The van der Waals surface area contributed by atoms with Gasteiger partial charge in [0.25, 0.3) is 0 Å². The predicted octanol–water partition coefficient (Wildman–Crippen LogP) is 2.83. The number of rotatable bonds is 3. The van der Waals surface area contributed by atoms with Crippen LogP contribution in [0.5, 0.6) is 0 Å². The van der Waals surface area contributed by atoms with Crippen molar-refractivity contribution in [2.75, 3.05) is 5.73 Å². The highest BCUT2D eigenvalue weighted by atomic mass is 16.5. The van der Waals surface area contributed by atoms with Crippen molar-refractivity contribution in [3.05, 3.63) is 75.9 Å². The zero-order valence-electron chi connectivity index (χ0n) is 14.4. The van der Waals surface area contributed by atoms with E-state index < -0.39 is 12.3 Å². The van der Waals surface area contributed by atoms with Crippen molar-refractivity contribution in [3.8, 4) is 22.5 Å². The second kappa shape index (κ2) is 6.49. The van der Waals surface area contributed by atoms with Gasteiger partial charge in [-0.2, -0.15) is 0 Å². The summed E-state index contributed by atoms with van der Waals surface area (Å²) in [4.78, 5) is 23.6. The van der Waals surface area contributed by atoms with Gasteiger partial charge in [-0.1, -0.05) is 18.2 Å². The van der Waals surface area contributed by atoms with Gasteiger partial charge in [-0.3, -0.25) is 4.79 Å². The average Bonchev–Trinajstić information content (AvgIpc) is 2.65. The van der Waals surface area contributed by atoms with Crippen LogP contribution < -0.4 is 11.2 Å². The topological polar surface area (TPSA) is 134 Å². The molecule has 7 nitrogen and oxygen atoms in total. The fourth-order valence-electron chi connectivity index (χ4n) is 3.35. The van der Waals surface area contributed by atoms with E-state index in [1.807, 2.05) is 0 Å². The fraction of sp³-hybridized carbons (Fsp3) is 0.0476. The predicted molar refractivity (Wildman–Crippen MR) is 103 cm³/mol. The Morgan fingerprint density at radius 1 is 1.00 bits per heavy atom. The van der Waals surface area contributed by atoms with Crippen molar-refractivity contribution in [1.82, 2.24) is 0 Å². The largest absolute Gasteiger partial charge is 0.478 e. The van der Waals surface area contributed by atoms with E-state index in [4.69, 9.17) is 10.2 Å². The van der Waals surface area contributed by atoms with E-state index in [9.17, 15) is 24.9 Å². The van der Waals surface area contributed by atoms with Crippen LogP contribution in [0.1, 0.15) is 22.2 Å². The molecule has 2 aliphatic rings. The van der Waals surface area contributed by atoms with Gasteiger partial charge in [0.15, 0.2) is 11.7 Å². The number of anilines is 1. The molecule has 28 heavy (non-hydrogen) atoms. The molecule has 0 unspecified atom stereocenters. The lowest BCUT2D eigenvalue weighted by Crippen LogP contribution is -2.05. The molecule has 0 bridgehead atoms. The molecule has 5 N–H and O–H groups in total. The first-order valence-corrected chi connectivity index (χ1v) is 8.35. The van der Waals surface area contributed by atoms with E-state index in [1.54, 1.807) is 24.3 Å². The normalized spacial score (nSPS) is 11.4. The minimum absolute atomic E-state index is 0.0606. The molecule has 2 aromatic carbocycles. The number of benzene rings is 3. The van der Waals surface area contributed by atoms with Crippen LogP contribution in [0, 0.1) is 0 Å². The second-order valence-corrected chi connectivity index (χ2v) is 6.34. The summed E-state index contributed by atoms with van der Waals surface area (Å²) in [7, 11) is 0. The van der Waals surface area contributed by atoms with E-state index in [1.165, 1.54) is 30.3 Å². The minimum atomic E-state index is -1.81. The molecular formula is C21H15NO6. The molecule has 1 heterocycles. The molecule has 0 aromatic heterocycles. The summed E-state index contributed by atoms with van der Waals surface area (Å²) >= 11 is 0. The Bertz CT molecular complexity index is 1260. The molecule has 0 atom stereocenters. The van der Waals surface area contributed by atoms with Gasteiger partial charge in [0.1, 0.15) is 11.3 Å². The molecule has 1 aliphatic heterocycles. The van der Waals surface area contributed by atoms with Gasteiger partial charge in [-0.15, -0.1) is 0 Å². The number of nitrogen functional groups attached to an aromatic ring is 1. The maximum atomic E-state index is 11.8. The van der Waals surface area contributed by atoms with Gasteiger partial charge in [-0.25, -0.2) is 4.79 Å². The lowest BCUT2D eigenvalue weighted by atomic mass is 9.90. The van der Waals surface area contributed by atoms with Crippen LogP contribution in [-0.2, 0) is 0 Å². The molecule has 140 valence electrons. The number of carboxylic acid groups (broad SMARTS) is 1. The number of fused-ring (bicyclic) bond motifs is 2. The molecule has 0 amide bonds. The number of aliphatic hydroxyl groups excluding tert-OH is 1. The van der Waals surface area contributed by atoms with Crippen LogP contribution in [0.25, 0.3) is 33.4 Å². The van der Waals surface area contributed by atoms with Gasteiger partial charge in [0.05, 0.1) is 5.56 Å². The SMILES string of the molecule is Nc1cc2oc3cc(=O)ccc-3c(-c3ccccc3C(=O)O)c2cc1C(O)O. The van der Waals surface area contributed by atoms with E-state index in [0.29, 0.717) is 22.1 Å². The van der Waals surface area contributed by atoms with Crippen LogP contribution in [0.3, 0.4) is 0 Å². The van der Waals surface area contributed by atoms with Gasteiger partial charge >= 0.3 is 5.97 Å². The Kier molecular flexibility index (Phi) is 4.11. The number of aliphatic hydroxyl groups is 2. The maximum Gasteiger partial charge on any atom is 0.336 e. The van der Waals surface area contributed by atoms with Crippen LogP contribution in [-0.4, -0.2) is 21.3 Å². The third kappa shape index (κ3) is 2.79. The van der Waals surface area contributed by atoms with Crippen molar-refractivity contribution in [2.45, 2.75) is 6.29 Å². The van der Waals surface area contributed by atoms with Crippen molar-refractivity contribution in [1.29, 1.82) is 0 Å². The van der Waals surface area contributed by atoms with Gasteiger partial charge in [0.2, 0.25) is 0 Å². The van der Waals surface area contributed by atoms with Gasteiger partial charge in [0, 0.05) is 39.9 Å². The number of aromatic carboxylic acids is 1. The Balaban J connectivity index is 2.23. The monoisotopic (exact) mass is 377 g/mol. The Morgan fingerprint density at radius 3 is 2.46 bits per heavy atom. The van der Waals surface area contributed by atoms with Crippen molar-refractivity contribution in [3.63, 3.8) is 0 Å². The Hall–Kier alpha value is -3.68. The average molecular weight is 377 g/mol. The summed E-state index contributed by atoms with van der Waals surface area (Å²) in [6, 6.07) is 13.5. The highest BCUT2D eigenvalue weighted by Crippen LogP contribution is 2.42. The van der Waals surface area contributed by atoms with Gasteiger partial charge in [-0.05, 0) is 29.8 Å². The fourth-order valence-corrected chi connectivity index (χ4v) is 3.35. The quantitative estimate of drug-likeness (QED) is 0.245. The van der Waals surface area contributed by atoms with E-state index in [2.05, 4.69) is 0 Å². The number of nitrogens with two attached hydrogens (primary N) is 1. The molecule has 0 radical (unpaired) electrons. The van der Waals surface area contributed by atoms with Crippen molar-refractivity contribution in [2.24, 2.45) is 0 Å². The number of hydrogen-bond donors (Lipinski definition) is 4. The van der Waals surface area contributed by atoms with Crippen LogP contribution >= 0.6 is 0 Å². The molecule has 0 spiro atoms. The molecule has 0 fully saturated rings. The third-order valence-corrected chi connectivity index (χ3v) is 4.60. The van der Waals surface area contributed by atoms with Crippen LogP contribution in [0.15, 0.2) is 63.8 Å². The summed E-state index contributed by atoms with van der Waals surface area (Å²) in [5.74, 6) is -0.845. The molecule has 0 saturated heterocycles. The summed E-state index contributed by atoms with van der Waals surface area (Å²) in [6.45, 7) is 0. The molecule has 2 aromatic rings. The van der Waals surface area contributed by atoms with E-state index in [0.717, 1.165) is 0 Å². The molecular weight excluding hydrogens is 362 g/mol. The van der Waals surface area contributed by atoms with Crippen LogP contribution in [0.4, 0.5) is 5.69 Å². The zero-order valence-corrected chi connectivity index (χ0v) is 14.4. The first-order valence-electron chi connectivity index (χ1n) is 8.35. The number of carbonyl (C=O) groups is 1. The van der Waals surface area contributed by atoms with E-state index >= 15 is 0 Å². The maximum absolute atomic E-state index is 11.8. The molecule has 7 heteroatoms. The smallest absolute Gasteiger partial charge is 0.336 e. The highest BCUT2D eigenvalue weighted by Gasteiger charge is 2.23. The highest BCUT2D eigenvalue weighted by molar-refractivity contribution is 6.08. The summed E-state index contributed by atoms with van der Waals surface area (Å²) in [6.07, 6.45) is -1.81. The Labute approximate surface area is 158 Å². The summed E-state index contributed by atoms with van der Waals surface area (Å²) in [5, 5.41) is 29.3. The first kappa shape index (κ1) is 17.7. The van der Waals surface area contributed by atoms with Crippen molar-refractivity contribution >= 4 is 22.6 Å².